The molecule has 0 radical (unpaired) electrons. The van der Waals surface area contributed by atoms with Gasteiger partial charge in [-0.05, 0) is 29.7 Å². The Balaban J connectivity index is 1.75. The van der Waals surface area contributed by atoms with Crippen LogP contribution < -0.4 is 9.47 Å². The minimum absolute atomic E-state index is 0.0500. The summed E-state index contributed by atoms with van der Waals surface area (Å²) in [6.45, 7) is 4.57. The van der Waals surface area contributed by atoms with Gasteiger partial charge in [0, 0.05) is 20.4 Å². The molecule has 1 N–H and O–H groups in total. The van der Waals surface area contributed by atoms with Gasteiger partial charge in [0.05, 0.1) is 5.56 Å². The summed E-state index contributed by atoms with van der Waals surface area (Å²) in [6.07, 6.45) is 0. The van der Waals surface area contributed by atoms with Crippen LogP contribution in [0.3, 0.4) is 0 Å². The van der Waals surface area contributed by atoms with Crippen molar-refractivity contribution >= 4 is 28.9 Å². The molecule has 0 spiro atoms. The highest BCUT2D eigenvalue weighted by atomic mass is 16.6. The number of aromatic nitrogens is 4. The van der Waals surface area contributed by atoms with Crippen molar-refractivity contribution < 1.29 is 29.0 Å². The first-order valence-corrected chi connectivity index (χ1v) is 10.3. The number of rotatable bonds is 6. The minimum atomic E-state index is -0.997. The SMILES string of the molecule is CC(=O)Oc1nnc(OC(C)=O)c2c1nc(C)n2Cc1ccc(-c2ccccc2C(=O)O)cc1. The minimum Gasteiger partial charge on any atom is -0.478 e. The van der Waals surface area contributed by atoms with Gasteiger partial charge < -0.3 is 19.1 Å². The van der Waals surface area contributed by atoms with E-state index in [0.29, 0.717) is 23.4 Å². The van der Waals surface area contributed by atoms with E-state index < -0.39 is 17.9 Å². The summed E-state index contributed by atoms with van der Waals surface area (Å²) in [4.78, 5) is 39.1. The second-order valence-corrected chi connectivity index (χ2v) is 7.49. The maximum absolute atomic E-state index is 11.6. The largest absolute Gasteiger partial charge is 0.478 e. The zero-order valence-corrected chi connectivity index (χ0v) is 18.6. The molecule has 0 aliphatic carbocycles. The molecule has 4 aromatic rings. The summed E-state index contributed by atoms with van der Waals surface area (Å²) in [5, 5.41) is 17.2. The van der Waals surface area contributed by atoms with Gasteiger partial charge in [0.2, 0.25) is 0 Å². The van der Waals surface area contributed by atoms with Crippen LogP contribution in [0, 0.1) is 6.92 Å². The number of imidazole rings is 1. The molecule has 0 aliphatic heterocycles. The number of fused-ring (bicyclic) bond motifs is 1. The molecule has 172 valence electrons. The number of carboxylic acid groups (broad SMARTS) is 1. The predicted molar refractivity (Wildman–Crippen MR) is 121 cm³/mol. The summed E-state index contributed by atoms with van der Waals surface area (Å²) >= 11 is 0. The Morgan fingerprint density at radius 2 is 1.53 bits per heavy atom. The third kappa shape index (κ3) is 4.46. The zero-order valence-electron chi connectivity index (χ0n) is 18.6. The summed E-state index contributed by atoms with van der Waals surface area (Å²) in [5.41, 5.74) is 3.07. The topological polar surface area (TPSA) is 133 Å². The number of nitrogens with zero attached hydrogens (tertiary/aromatic N) is 4. The third-order valence-electron chi connectivity index (χ3n) is 5.04. The van der Waals surface area contributed by atoms with Crippen LogP contribution in [0.25, 0.3) is 22.2 Å². The number of carbonyl (C=O) groups is 3. The van der Waals surface area contributed by atoms with Gasteiger partial charge in [0.25, 0.3) is 11.8 Å². The van der Waals surface area contributed by atoms with E-state index in [1.54, 1.807) is 35.8 Å². The van der Waals surface area contributed by atoms with Crippen molar-refractivity contribution in [2.24, 2.45) is 0 Å². The van der Waals surface area contributed by atoms with Crippen LogP contribution >= 0.6 is 0 Å². The van der Waals surface area contributed by atoms with Crippen molar-refractivity contribution in [3.05, 3.63) is 65.5 Å². The summed E-state index contributed by atoms with van der Waals surface area (Å²) in [5.74, 6) is -1.73. The molecular formula is C24H20N4O6. The van der Waals surface area contributed by atoms with Crippen molar-refractivity contribution in [2.75, 3.05) is 0 Å². The Labute approximate surface area is 193 Å². The third-order valence-corrected chi connectivity index (χ3v) is 5.04. The fraction of sp³-hybridized carbons (Fsp3) is 0.167. The van der Waals surface area contributed by atoms with Gasteiger partial charge in [0.1, 0.15) is 11.3 Å². The Morgan fingerprint density at radius 3 is 2.18 bits per heavy atom. The second-order valence-electron chi connectivity index (χ2n) is 7.49. The average molecular weight is 460 g/mol. The Bertz CT molecular complexity index is 1430. The Kier molecular flexibility index (Phi) is 6.05. The fourth-order valence-corrected chi connectivity index (χ4v) is 3.61. The van der Waals surface area contributed by atoms with Crippen LogP contribution in [0.15, 0.2) is 48.5 Å². The van der Waals surface area contributed by atoms with Crippen LogP contribution in [0.2, 0.25) is 0 Å². The summed E-state index contributed by atoms with van der Waals surface area (Å²) < 4.78 is 12.1. The molecule has 0 aliphatic rings. The molecule has 0 fully saturated rings. The molecule has 2 aromatic heterocycles. The van der Waals surface area contributed by atoms with Gasteiger partial charge in [-0.1, -0.05) is 42.5 Å². The first kappa shape index (κ1) is 22.6. The van der Waals surface area contributed by atoms with Gasteiger partial charge >= 0.3 is 17.9 Å². The number of aryl methyl sites for hydroxylation is 1. The van der Waals surface area contributed by atoms with Crippen molar-refractivity contribution in [2.45, 2.75) is 27.3 Å². The lowest BCUT2D eigenvalue weighted by Gasteiger charge is -2.11. The van der Waals surface area contributed by atoms with Crippen molar-refractivity contribution in [1.29, 1.82) is 0 Å². The van der Waals surface area contributed by atoms with E-state index in [9.17, 15) is 19.5 Å². The number of aromatic carboxylic acids is 1. The van der Waals surface area contributed by atoms with Crippen LogP contribution in [0.5, 0.6) is 11.8 Å². The molecular weight excluding hydrogens is 440 g/mol. The first-order chi connectivity index (χ1) is 16.2. The molecule has 2 aromatic carbocycles. The zero-order chi connectivity index (χ0) is 24.4. The lowest BCUT2D eigenvalue weighted by molar-refractivity contribution is -0.133. The highest BCUT2D eigenvalue weighted by Gasteiger charge is 2.22. The summed E-state index contributed by atoms with van der Waals surface area (Å²) in [6, 6.07) is 14.2. The maximum Gasteiger partial charge on any atom is 0.336 e. The van der Waals surface area contributed by atoms with Crippen molar-refractivity contribution in [3.8, 4) is 22.9 Å². The number of carbonyl (C=O) groups excluding carboxylic acids is 2. The molecule has 10 heteroatoms. The quantitative estimate of drug-likeness (QED) is 0.430. The molecule has 0 saturated carbocycles. The Morgan fingerprint density at radius 1 is 0.912 bits per heavy atom. The fourth-order valence-electron chi connectivity index (χ4n) is 3.61. The van der Waals surface area contributed by atoms with E-state index in [0.717, 1.165) is 11.1 Å². The van der Waals surface area contributed by atoms with E-state index in [-0.39, 0.29) is 22.8 Å². The van der Waals surface area contributed by atoms with Crippen molar-refractivity contribution in [3.63, 3.8) is 0 Å². The summed E-state index contributed by atoms with van der Waals surface area (Å²) in [7, 11) is 0. The van der Waals surface area contributed by atoms with Crippen LogP contribution in [0.1, 0.15) is 35.6 Å². The molecule has 2 heterocycles. The van der Waals surface area contributed by atoms with Gasteiger partial charge in [-0.15, -0.1) is 10.2 Å². The number of hydrogen-bond acceptors (Lipinski definition) is 8. The number of esters is 2. The highest BCUT2D eigenvalue weighted by molar-refractivity contribution is 5.96. The molecule has 0 bridgehead atoms. The number of carboxylic acids is 1. The van der Waals surface area contributed by atoms with Gasteiger partial charge in [-0.25, -0.2) is 9.78 Å². The van der Waals surface area contributed by atoms with E-state index >= 15 is 0 Å². The lowest BCUT2D eigenvalue weighted by atomic mass is 9.99. The number of benzene rings is 2. The number of hydrogen-bond donors (Lipinski definition) is 1. The highest BCUT2D eigenvalue weighted by Crippen LogP contribution is 2.31. The van der Waals surface area contributed by atoms with E-state index in [1.807, 2.05) is 24.3 Å². The van der Waals surface area contributed by atoms with Crippen LogP contribution in [-0.4, -0.2) is 42.8 Å². The molecule has 0 saturated heterocycles. The molecule has 10 nitrogen and oxygen atoms in total. The second kappa shape index (κ2) is 9.10. The van der Waals surface area contributed by atoms with Gasteiger partial charge in [-0.2, -0.15) is 0 Å². The van der Waals surface area contributed by atoms with E-state index in [2.05, 4.69) is 15.2 Å². The molecule has 0 amide bonds. The van der Waals surface area contributed by atoms with Crippen LogP contribution in [0.4, 0.5) is 0 Å². The molecule has 34 heavy (non-hydrogen) atoms. The normalized spacial score (nSPS) is 10.8. The predicted octanol–water partition coefficient (Wildman–Crippen LogP) is 3.40. The maximum atomic E-state index is 11.6. The van der Waals surface area contributed by atoms with E-state index in [1.165, 1.54) is 13.8 Å². The van der Waals surface area contributed by atoms with Gasteiger partial charge in [-0.3, -0.25) is 9.59 Å². The monoisotopic (exact) mass is 460 g/mol. The lowest BCUT2D eigenvalue weighted by Crippen LogP contribution is -2.10. The molecule has 0 atom stereocenters. The molecule has 4 rings (SSSR count). The first-order valence-electron chi connectivity index (χ1n) is 10.3. The standard InChI is InChI=1S/C24H20N4O6/c1-13-25-20-21(23(34-15(3)30)27-26-22(20)33-14(2)29)28(13)12-16-8-10-17(11-9-16)18-6-4-5-7-19(18)24(31)32/h4-11H,12H2,1-3H3,(H,31,32). The Hall–Kier alpha value is -4.60. The number of ether oxygens (including phenoxy) is 2. The van der Waals surface area contributed by atoms with Gasteiger partial charge in [0.15, 0.2) is 5.52 Å². The van der Waals surface area contributed by atoms with E-state index in [4.69, 9.17) is 9.47 Å². The average Bonchev–Trinajstić information content (AvgIpc) is 3.12. The van der Waals surface area contributed by atoms with Crippen molar-refractivity contribution in [1.82, 2.24) is 19.7 Å². The van der Waals surface area contributed by atoms with Crippen LogP contribution in [-0.2, 0) is 16.1 Å². The smallest absolute Gasteiger partial charge is 0.336 e. The molecule has 0 unspecified atom stereocenters.